The highest BCUT2D eigenvalue weighted by molar-refractivity contribution is 7.91. The Labute approximate surface area is 162 Å². The minimum Gasteiger partial charge on any atom is -0.465 e. The van der Waals surface area contributed by atoms with E-state index in [9.17, 15) is 18.0 Å². The molecule has 0 fully saturated rings. The fourth-order valence-electron chi connectivity index (χ4n) is 3.21. The van der Waals surface area contributed by atoms with Gasteiger partial charge >= 0.3 is 5.97 Å². The van der Waals surface area contributed by atoms with Crippen molar-refractivity contribution in [2.24, 2.45) is 0 Å². The van der Waals surface area contributed by atoms with Crippen LogP contribution in [-0.4, -0.2) is 33.2 Å². The molecule has 1 heterocycles. The van der Waals surface area contributed by atoms with Crippen LogP contribution in [0.5, 0.6) is 0 Å². The maximum Gasteiger partial charge on any atom is 0.341 e. The van der Waals surface area contributed by atoms with E-state index in [0.717, 1.165) is 36.1 Å². The summed E-state index contributed by atoms with van der Waals surface area (Å²) in [6.07, 6.45) is 3.63. The Kier molecular flexibility index (Phi) is 5.96. The second-order valence-electron chi connectivity index (χ2n) is 6.47. The number of ether oxygens (including phenoxy) is 1. The Hall–Kier alpha value is -2.19. The number of amides is 1. The SMILES string of the molecule is COC(=O)c1c(NC(=O)CS(=O)(=O)Cc2ccccc2)sc2c1CCCC2. The fourth-order valence-corrected chi connectivity index (χ4v) is 5.78. The Morgan fingerprint density at radius 1 is 1.15 bits per heavy atom. The molecular weight excluding hydrogens is 386 g/mol. The van der Waals surface area contributed by atoms with Crippen LogP contribution < -0.4 is 5.32 Å². The van der Waals surface area contributed by atoms with Crippen molar-refractivity contribution in [3.63, 3.8) is 0 Å². The first kappa shape index (κ1) is 19.6. The lowest BCUT2D eigenvalue weighted by Crippen LogP contribution is -2.24. The number of anilines is 1. The van der Waals surface area contributed by atoms with Crippen LogP contribution in [0.25, 0.3) is 0 Å². The summed E-state index contributed by atoms with van der Waals surface area (Å²) in [6, 6.07) is 8.72. The minimum atomic E-state index is -3.62. The Bertz CT molecular complexity index is 948. The molecule has 27 heavy (non-hydrogen) atoms. The molecule has 1 aromatic heterocycles. The number of benzene rings is 1. The predicted molar refractivity (Wildman–Crippen MR) is 105 cm³/mol. The molecule has 0 saturated heterocycles. The number of sulfone groups is 1. The monoisotopic (exact) mass is 407 g/mol. The van der Waals surface area contributed by atoms with Gasteiger partial charge in [-0.15, -0.1) is 11.3 Å². The molecule has 0 saturated carbocycles. The van der Waals surface area contributed by atoms with E-state index in [4.69, 9.17) is 4.74 Å². The van der Waals surface area contributed by atoms with Crippen LogP contribution >= 0.6 is 11.3 Å². The van der Waals surface area contributed by atoms with E-state index < -0.39 is 27.5 Å². The first-order chi connectivity index (χ1) is 12.9. The molecule has 0 spiro atoms. The lowest BCUT2D eigenvalue weighted by atomic mass is 9.95. The highest BCUT2D eigenvalue weighted by Crippen LogP contribution is 2.38. The predicted octanol–water partition coefficient (Wildman–Crippen LogP) is 2.97. The molecule has 8 heteroatoms. The van der Waals surface area contributed by atoms with Gasteiger partial charge in [0.25, 0.3) is 0 Å². The third-order valence-corrected chi connectivity index (χ3v) is 7.08. The number of carbonyl (C=O) groups excluding carboxylic acids is 2. The molecule has 6 nitrogen and oxygen atoms in total. The van der Waals surface area contributed by atoms with E-state index in [1.165, 1.54) is 18.4 Å². The van der Waals surface area contributed by atoms with Crippen molar-refractivity contribution in [3.8, 4) is 0 Å². The van der Waals surface area contributed by atoms with Crippen molar-refractivity contribution in [2.45, 2.75) is 31.4 Å². The number of carbonyl (C=O) groups is 2. The lowest BCUT2D eigenvalue weighted by Gasteiger charge is -2.11. The van der Waals surface area contributed by atoms with Crippen LogP contribution in [0.3, 0.4) is 0 Å². The largest absolute Gasteiger partial charge is 0.465 e. The molecule has 0 bridgehead atoms. The number of rotatable bonds is 6. The molecular formula is C19H21NO5S2. The van der Waals surface area contributed by atoms with Crippen molar-refractivity contribution < 1.29 is 22.7 Å². The van der Waals surface area contributed by atoms with Crippen molar-refractivity contribution in [1.29, 1.82) is 0 Å². The molecule has 0 aliphatic heterocycles. The molecule has 1 aliphatic rings. The topological polar surface area (TPSA) is 89.5 Å². The second-order valence-corrected chi connectivity index (χ2v) is 9.64. The van der Waals surface area contributed by atoms with Crippen LogP contribution in [0, 0.1) is 0 Å². The normalized spacial score (nSPS) is 13.7. The fraction of sp³-hybridized carbons (Fsp3) is 0.368. The van der Waals surface area contributed by atoms with Gasteiger partial charge in [0.1, 0.15) is 10.8 Å². The van der Waals surface area contributed by atoms with Crippen molar-refractivity contribution in [3.05, 3.63) is 51.9 Å². The van der Waals surface area contributed by atoms with Gasteiger partial charge in [-0.1, -0.05) is 30.3 Å². The number of nitrogens with one attached hydrogen (secondary N) is 1. The molecule has 1 N–H and O–H groups in total. The van der Waals surface area contributed by atoms with Crippen molar-refractivity contribution in [1.82, 2.24) is 0 Å². The molecule has 0 radical (unpaired) electrons. The van der Waals surface area contributed by atoms with E-state index in [-0.39, 0.29) is 5.75 Å². The number of aryl methyl sites for hydroxylation is 1. The van der Waals surface area contributed by atoms with Crippen LogP contribution in [0.2, 0.25) is 0 Å². The van der Waals surface area contributed by atoms with Crippen molar-refractivity contribution >= 4 is 38.1 Å². The van der Waals surface area contributed by atoms with E-state index in [2.05, 4.69) is 5.32 Å². The quantitative estimate of drug-likeness (QED) is 0.744. The van der Waals surface area contributed by atoms with Crippen LogP contribution in [-0.2, 0) is 38.0 Å². The minimum absolute atomic E-state index is 0.202. The zero-order chi connectivity index (χ0) is 19.4. The second kappa shape index (κ2) is 8.22. The van der Waals surface area contributed by atoms with Gasteiger partial charge in [-0.25, -0.2) is 13.2 Å². The van der Waals surface area contributed by atoms with Crippen molar-refractivity contribution in [2.75, 3.05) is 18.2 Å². The van der Waals surface area contributed by atoms with Gasteiger partial charge in [0.05, 0.1) is 18.4 Å². The molecule has 1 aliphatic carbocycles. The average Bonchev–Trinajstić information content (AvgIpc) is 2.98. The standard InChI is InChI=1S/C19H21NO5S2/c1-25-19(22)17-14-9-5-6-10-15(14)26-18(17)20-16(21)12-27(23,24)11-13-7-3-2-4-8-13/h2-4,7-8H,5-6,9-12H2,1H3,(H,20,21). The number of hydrogen-bond donors (Lipinski definition) is 1. The zero-order valence-electron chi connectivity index (χ0n) is 15.0. The first-order valence-corrected chi connectivity index (χ1v) is 11.3. The Morgan fingerprint density at radius 3 is 2.56 bits per heavy atom. The zero-order valence-corrected chi connectivity index (χ0v) is 16.6. The molecule has 1 amide bonds. The van der Waals surface area contributed by atoms with Gasteiger partial charge in [-0.3, -0.25) is 4.79 Å². The third kappa shape index (κ3) is 4.75. The summed E-state index contributed by atoms with van der Waals surface area (Å²) in [4.78, 5) is 25.6. The molecule has 3 rings (SSSR count). The number of thiophene rings is 1. The summed E-state index contributed by atoms with van der Waals surface area (Å²) in [6.45, 7) is 0. The Balaban J connectivity index is 1.76. The molecule has 0 unspecified atom stereocenters. The van der Waals surface area contributed by atoms with Gasteiger partial charge in [0.15, 0.2) is 9.84 Å². The smallest absolute Gasteiger partial charge is 0.341 e. The summed E-state index contributed by atoms with van der Waals surface area (Å²) in [7, 11) is -2.32. The summed E-state index contributed by atoms with van der Waals surface area (Å²) in [5, 5.41) is 3.01. The highest BCUT2D eigenvalue weighted by atomic mass is 32.2. The van der Waals surface area contributed by atoms with Gasteiger partial charge in [0.2, 0.25) is 5.91 Å². The first-order valence-electron chi connectivity index (χ1n) is 8.66. The summed E-state index contributed by atoms with van der Waals surface area (Å²) in [5.41, 5.74) is 1.92. The molecule has 2 aromatic rings. The van der Waals surface area contributed by atoms with Gasteiger partial charge in [-0.05, 0) is 36.8 Å². The van der Waals surface area contributed by atoms with Gasteiger partial charge < -0.3 is 10.1 Å². The van der Waals surface area contributed by atoms with E-state index in [1.807, 2.05) is 0 Å². The van der Waals surface area contributed by atoms with Crippen LogP contribution in [0.15, 0.2) is 30.3 Å². The third-order valence-electron chi connectivity index (χ3n) is 4.39. The number of esters is 1. The van der Waals surface area contributed by atoms with Gasteiger partial charge in [-0.2, -0.15) is 0 Å². The van der Waals surface area contributed by atoms with Crippen LogP contribution in [0.4, 0.5) is 5.00 Å². The average molecular weight is 408 g/mol. The van der Waals surface area contributed by atoms with E-state index >= 15 is 0 Å². The number of fused-ring (bicyclic) bond motifs is 1. The van der Waals surface area contributed by atoms with E-state index in [1.54, 1.807) is 30.3 Å². The molecule has 0 atom stereocenters. The lowest BCUT2D eigenvalue weighted by molar-refractivity contribution is -0.113. The van der Waals surface area contributed by atoms with Gasteiger partial charge in [0, 0.05) is 4.88 Å². The number of methoxy groups -OCH3 is 1. The maximum atomic E-state index is 12.4. The molecule has 1 aromatic carbocycles. The maximum absolute atomic E-state index is 12.4. The summed E-state index contributed by atoms with van der Waals surface area (Å²) < 4.78 is 29.5. The summed E-state index contributed by atoms with van der Waals surface area (Å²) >= 11 is 1.34. The van der Waals surface area contributed by atoms with E-state index in [0.29, 0.717) is 16.1 Å². The summed E-state index contributed by atoms with van der Waals surface area (Å²) in [5.74, 6) is -1.98. The Morgan fingerprint density at radius 2 is 1.85 bits per heavy atom. The number of hydrogen-bond acceptors (Lipinski definition) is 6. The highest BCUT2D eigenvalue weighted by Gasteiger charge is 2.28. The molecule has 144 valence electrons. The van der Waals surface area contributed by atoms with Crippen LogP contribution in [0.1, 0.15) is 39.2 Å².